The number of hydrogen-bond acceptors (Lipinski definition) is 4. The number of hydrogen-bond donors (Lipinski definition) is 3. The van der Waals surface area contributed by atoms with E-state index in [4.69, 9.17) is 12.2 Å². The second kappa shape index (κ2) is 9.26. The molecule has 8 heteroatoms. The lowest BCUT2D eigenvalue weighted by Crippen LogP contribution is -2.34. The predicted octanol–water partition coefficient (Wildman–Crippen LogP) is 2.77. The highest BCUT2D eigenvalue weighted by atomic mass is 32.2. The molecule has 0 saturated heterocycles. The fourth-order valence-electron chi connectivity index (χ4n) is 2.85. The third kappa shape index (κ3) is 6.37. The number of amides is 1. The lowest BCUT2D eigenvalue weighted by molar-refractivity contribution is -0.120. The summed E-state index contributed by atoms with van der Waals surface area (Å²) in [5.41, 5.74) is 0.626. The maximum absolute atomic E-state index is 12.0. The van der Waals surface area contributed by atoms with Gasteiger partial charge in [0.05, 0.1) is 4.90 Å². The molecule has 138 valence electrons. The lowest BCUT2D eigenvalue weighted by atomic mass is 10.0. The molecule has 25 heavy (non-hydrogen) atoms. The van der Waals surface area contributed by atoms with E-state index in [9.17, 15) is 13.2 Å². The summed E-state index contributed by atoms with van der Waals surface area (Å²) >= 11 is 5.14. The van der Waals surface area contributed by atoms with Crippen LogP contribution in [0, 0.1) is 5.92 Å². The van der Waals surface area contributed by atoms with Crippen LogP contribution in [0.2, 0.25) is 0 Å². The highest BCUT2D eigenvalue weighted by molar-refractivity contribution is 7.89. The molecule has 0 spiro atoms. The Hall–Kier alpha value is -1.51. The molecule has 6 nitrogen and oxygen atoms in total. The Bertz CT molecular complexity index is 696. The van der Waals surface area contributed by atoms with Crippen molar-refractivity contribution in [3.63, 3.8) is 0 Å². The van der Waals surface area contributed by atoms with Crippen molar-refractivity contribution in [3.8, 4) is 0 Å². The zero-order valence-electron chi connectivity index (χ0n) is 14.4. The Kier molecular flexibility index (Phi) is 7.34. The first-order chi connectivity index (χ1) is 11.9. The van der Waals surface area contributed by atoms with Gasteiger partial charge in [-0.3, -0.25) is 4.79 Å². The first-order valence-electron chi connectivity index (χ1n) is 8.61. The van der Waals surface area contributed by atoms with Crippen LogP contribution in [0.1, 0.15) is 45.4 Å². The normalized spacial score (nSPS) is 15.1. The summed E-state index contributed by atoms with van der Waals surface area (Å²) in [6.07, 6.45) is 5.84. The molecule has 1 saturated carbocycles. The molecule has 1 fully saturated rings. The van der Waals surface area contributed by atoms with Crippen molar-refractivity contribution in [1.82, 2.24) is 10.0 Å². The van der Waals surface area contributed by atoms with Gasteiger partial charge in [0, 0.05) is 18.7 Å². The number of rotatable bonds is 7. The second-order valence-corrected chi connectivity index (χ2v) is 8.45. The number of nitrogens with one attached hydrogen (secondary N) is 3. The third-order valence-electron chi connectivity index (χ3n) is 4.17. The summed E-state index contributed by atoms with van der Waals surface area (Å²) < 4.78 is 26.6. The van der Waals surface area contributed by atoms with Crippen LogP contribution in [0.4, 0.5) is 5.69 Å². The second-order valence-electron chi connectivity index (χ2n) is 6.28. The lowest BCUT2D eigenvalue weighted by Gasteiger charge is -2.12. The number of benzene rings is 1. The zero-order chi connectivity index (χ0) is 18.3. The van der Waals surface area contributed by atoms with Gasteiger partial charge in [0.15, 0.2) is 5.11 Å². The van der Waals surface area contributed by atoms with Crippen LogP contribution in [0.5, 0.6) is 0 Å². The Morgan fingerprint density at radius 3 is 2.44 bits per heavy atom. The number of carbonyl (C=O) groups is 1. The van der Waals surface area contributed by atoms with Crippen molar-refractivity contribution in [2.24, 2.45) is 5.92 Å². The average Bonchev–Trinajstić information content (AvgIpc) is 3.06. The molecule has 1 aromatic carbocycles. The monoisotopic (exact) mass is 383 g/mol. The van der Waals surface area contributed by atoms with Gasteiger partial charge in [0.2, 0.25) is 15.9 Å². The quantitative estimate of drug-likeness (QED) is 0.630. The maximum Gasteiger partial charge on any atom is 0.240 e. The van der Waals surface area contributed by atoms with Crippen LogP contribution in [-0.4, -0.2) is 26.0 Å². The van der Waals surface area contributed by atoms with E-state index in [0.717, 1.165) is 19.3 Å². The van der Waals surface area contributed by atoms with E-state index in [1.807, 2.05) is 6.92 Å². The summed E-state index contributed by atoms with van der Waals surface area (Å²) in [6.45, 7) is 2.30. The van der Waals surface area contributed by atoms with Gasteiger partial charge in [-0.2, -0.15) is 0 Å². The molecule has 2 rings (SSSR count). The van der Waals surface area contributed by atoms with E-state index in [1.54, 1.807) is 12.1 Å². The fraction of sp³-hybridized carbons (Fsp3) is 0.529. The SMILES string of the molecule is CCCNS(=O)(=O)c1ccc(NC(=S)NC(=O)CC2CCCC2)cc1. The van der Waals surface area contributed by atoms with Crippen LogP contribution in [0.25, 0.3) is 0 Å². The highest BCUT2D eigenvalue weighted by Crippen LogP contribution is 2.27. The van der Waals surface area contributed by atoms with Crippen LogP contribution in [0.15, 0.2) is 29.2 Å². The number of anilines is 1. The van der Waals surface area contributed by atoms with E-state index >= 15 is 0 Å². The van der Waals surface area contributed by atoms with Crippen molar-refractivity contribution in [3.05, 3.63) is 24.3 Å². The molecule has 1 amide bonds. The topological polar surface area (TPSA) is 87.3 Å². The van der Waals surface area contributed by atoms with E-state index in [-0.39, 0.29) is 15.9 Å². The van der Waals surface area contributed by atoms with E-state index in [0.29, 0.717) is 24.6 Å². The van der Waals surface area contributed by atoms with Gasteiger partial charge in [-0.05, 0) is 61.7 Å². The van der Waals surface area contributed by atoms with Crippen molar-refractivity contribution >= 4 is 38.9 Å². The first-order valence-corrected chi connectivity index (χ1v) is 10.5. The molecule has 1 aliphatic carbocycles. The van der Waals surface area contributed by atoms with Crippen molar-refractivity contribution in [2.45, 2.75) is 50.3 Å². The first kappa shape index (κ1) is 19.8. The van der Waals surface area contributed by atoms with Gasteiger partial charge in [-0.1, -0.05) is 19.8 Å². The smallest absolute Gasteiger partial charge is 0.240 e. The van der Waals surface area contributed by atoms with Gasteiger partial charge in [0.1, 0.15) is 0 Å². The van der Waals surface area contributed by atoms with E-state index in [1.165, 1.54) is 25.0 Å². The number of carbonyl (C=O) groups excluding carboxylic acids is 1. The van der Waals surface area contributed by atoms with Crippen LogP contribution >= 0.6 is 12.2 Å². The van der Waals surface area contributed by atoms with Crippen LogP contribution in [-0.2, 0) is 14.8 Å². The molecule has 0 unspecified atom stereocenters. The van der Waals surface area contributed by atoms with Crippen molar-refractivity contribution in [2.75, 3.05) is 11.9 Å². The van der Waals surface area contributed by atoms with Crippen molar-refractivity contribution in [1.29, 1.82) is 0 Å². The minimum atomic E-state index is -3.48. The molecule has 0 atom stereocenters. The Balaban J connectivity index is 1.85. The summed E-state index contributed by atoms with van der Waals surface area (Å²) in [4.78, 5) is 12.2. The number of thiocarbonyl (C=S) groups is 1. The molecule has 0 aromatic heterocycles. The molecule has 0 heterocycles. The average molecular weight is 384 g/mol. The molecular weight excluding hydrogens is 358 g/mol. The summed E-state index contributed by atoms with van der Waals surface area (Å²) in [5.74, 6) is 0.385. The Morgan fingerprint density at radius 1 is 1.20 bits per heavy atom. The standard InChI is InChI=1S/C17H25N3O3S2/c1-2-11-18-25(22,23)15-9-7-14(8-10-15)19-17(24)20-16(21)12-13-5-3-4-6-13/h7-10,13,18H,2-6,11-12H2,1H3,(H2,19,20,21,24). The van der Waals surface area contributed by atoms with Crippen molar-refractivity contribution < 1.29 is 13.2 Å². The molecule has 1 aliphatic rings. The summed E-state index contributed by atoms with van der Waals surface area (Å²) in [6, 6.07) is 6.25. The molecule has 1 aromatic rings. The van der Waals surface area contributed by atoms with Gasteiger partial charge in [-0.25, -0.2) is 13.1 Å². The van der Waals surface area contributed by atoms with E-state index in [2.05, 4.69) is 15.4 Å². The largest absolute Gasteiger partial charge is 0.332 e. The Labute approximate surface area is 154 Å². The molecule has 3 N–H and O–H groups in total. The fourth-order valence-corrected chi connectivity index (χ4v) is 4.22. The van der Waals surface area contributed by atoms with Gasteiger partial charge in [-0.15, -0.1) is 0 Å². The van der Waals surface area contributed by atoms with Gasteiger partial charge >= 0.3 is 0 Å². The Morgan fingerprint density at radius 2 is 1.84 bits per heavy atom. The molecule has 0 radical (unpaired) electrons. The predicted molar refractivity (Wildman–Crippen MR) is 103 cm³/mol. The summed E-state index contributed by atoms with van der Waals surface area (Å²) in [7, 11) is -3.48. The van der Waals surface area contributed by atoms with E-state index < -0.39 is 10.0 Å². The van der Waals surface area contributed by atoms with Gasteiger partial charge in [0.25, 0.3) is 0 Å². The maximum atomic E-state index is 12.0. The number of sulfonamides is 1. The van der Waals surface area contributed by atoms with Crippen LogP contribution in [0.3, 0.4) is 0 Å². The third-order valence-corrected chi connectivity index (χ3v) is 5.85. The molecular formula is C17H25N3O3S2. The molecule has 0 aliphatic heterocycles. The zero-order valence-corrected chi connectivity index (χ0v) is 16.0. The minimum Gasteiger partial charge on any atom is -0.332 e. The van der Waals surface area contributed by atoms with Gasteiger partial charge < -0.3 is 10.6 Å². The minimum absolute atomic E-state index is 0.0765. The van der Waals surface area contributed by atoms with Crippen LogP contribution < -0.4 is 15.4 Å². The highest BCUT2D eigenvalue weighted by Gasteiger charge is 2.19. The summed E-state index contributed by atoms with van der Waals surface area (Å²) in [5, 5.41) is 5.81. The molecule has 0 bridgehead atoms.